The Hall–Kier alpha value is -1.26. The second kappa shape index (κ2) is 4.14. The van der Waals surface area contributed by atoms with Crippen LogP contribution in [0.15, 0.2) is 0 Å². The van der Waals surface area contributed by atoms with Crippen LogP contribution >= 0.6 is 0 Å². The molecule has 1 N–H and O–H groups in total. The number of hydrogen-bond donors (Lipinski definition) is 1. The molecule has 0 bridgehead atoms. The monoisotopic (exact) mass is 255 g/mol. The van der Waals surface area contributed by atoms with Gasteiger partial charge in [-0.3, -0.25) is 4.79 Å². The van der Waals surface area contributed by atoms with E-state index in [1.54, 1.807) is 0 Å². The van der Waals surface area contributed by atoms with Crippen LogP contribution in [0.3, 0.4) is 0 Å². The van der Waals surface area contributed by atoms with Gasteiger partial charge in [-0.1, -0.05) is 6.42 Å². The van der Waals surface area contributed by atoms with Gasteiger partial charge in [0, 0.05) is 13.1 Å². The van der Waals surface area contributed by atoms with Crippen LogP contribution in [-0.4, -0.2) is 40.8 Å². The van der Waals surface area contributed by atoms with E-state index in [2.05, 4.69) is 0 Å². The Bertz CT molecular complexity index is 374. The van der Waals surface area contributed by atoms with E-state index in [9.17, 15) is 9.59 Å². The SMILES string of the molecule is CC(C)(C)OC(=O)[C@]12CCC[C@H]1CN(C(=O)O)C2. The van der Waals surface area contributed by atoms with Gasteiger partial charge in [0.2, 0.25) is 0 Å². The quantitative estimate of drug-likeness (QED) is 0.729. The molecule has 5 heteroatoms. The standard InChI is InChI=1S/C13H21NO4/c1-12(2,3)18-10(15)13-6-4-5-9(13)7-14(8-13)11(16)17/h9H,4-8H2,1-3H3,(H,16,17)/t9-,13-/m0/s1. The van der Waals surface area contributed by atoms with E-state index in [4.69, 9.17) is 9.84 Å². The minimum atomic E-state index is -0.938. The van der Waals surface area contributed by atoms with E-state index in [0.29, 0.717) is 13.1 Å². The summed E-state index contributed by atoms with van der Waals surface area (Å²) >= 11 is 0. The number of carbonyl (C=O) groups excluding carboxylic acids is 1. The van der Waals surface area contributed by atoms with Crippen LogP contribution in [0, 0.1) is 11.3 Å². The van der Waals surface area contributed by atoms with Gasteiger partial charge in [-0.15, -0.1) is 0 Å². The Morgan fingerprint density at radius 1 is 1.39 bits per heavy atom. The maximum Gasteiger partial charge on any atom is 0.407 e. The van der Waals surface area contributed by atoms with E-state index in [1.807, 2.05) is 20.8 Å². The predicted octanol–water partition coefficient (Wildman–Crippen LogP) is 2.11. The largest absolute Gasteiger partial charge is 0.465 e. The van der Waals surface area contributed by atoms with Crippen LogP contribution in [0.4, 0.5) is 4.79 Å². The average molecular weight is 255 g/mol. The van der Waals surface area contributed by atoms with Crippen LogP contribution in [-0.2, 0) is 9.53 Å². The van der Waals surface area contributed by atoms with Crippen LogP contribution in [0.25, 0.3) is 0 Å². The first-order valence-electron chi connectivity index (χ1n) is 6.46. The second-order valence-electron chi connectivity index (χ2n) is 6.41. The van der Waals surface area contributed by atoms with Crippen molar-refractivity contribution < 1.29 is 19.4 Å². The molecule has 1 saturated carbocycles. The fourth-order valence-corrected chi connectivity index (χ4v) is 3.15. The predicted molar refractivity (Wildman–Crippen MR) is 65.2 cm³/mol. The minimum Gasteiger partial charge on any atom is -0.465 e. The molecule has 0 unspecified atom stereocenters. The molecular weight excluding hydrogens is 234 g/mol. The van der Waals surface area contributed by atoms with Gasteiger partial charge < -0.3 is 14.7 Å². The van der Waals surface area contributed by atoms with Crippen molar-refractivity contribution >= 4 is 12.1 Å². The van der Waals surface area contributed by atoms with E-state index < -0.39 is 17.1 Å². The lowest BCUT2D eigenvalue weighted by atomic mass is 9.80. The molecule has 0 spiro atoms. The number of carboxylic acid groups (broad SMARTS) is 1. The van der Waals surface area contributed by atoms with Crippen LogP contribution < -0.4 is 0 Å². The minimum absolute atomic E-state index is 0.128. The fraction of sp³-hybridized carbons (Fsp3) is 0.846. The molecule has 0 aromatic rings. The number of nitrogens with zero attached hydrogens (tertiary/aromatic N) is 1. The summed E-state index contributed by atoms with van der Waals surface area (Å²) in [6.07, 6.45) is 1.71. The summed E-state index contributed by atoms with van der Waals surface area (Å²) in [6.45, 7) is 6.29. The Morgan fingerprint density at radius 2 is 2.06 bits per heavy atom. The van der Waals surface area contributed by atoms with Crippen LogP contribution in [0.1, 0.15) is 40.0 Å². The summed E-state index contributed by atoms with van der Waals surface area (Å²) in [7, 11) is 0. The van der Waals surface area contributed by atoms with Gasteiger partial charge in [0.15, 0.2) is 0 Å². The normalized spacial score (nSPS) is 31.3. The smallest absolute Gasteiger partial charge is 0.407 e. The molecule has 0 aromatic heterocycles. The van der Waals surface area contributed by atoms with Crippen molar-refractivity contribution in [3.8, 4) is 0 Å². The lowest BCUT2D eigenvalue weighted by Crippen LogP contribution is -2.41. The Morgan fingerprint density at radius 3 is 2.61 bits per heavy atom. The molecule has 0 aromatic carbocycles. The number of carbonyl (C=O) groups is 2. The molecule has 1 aliphatic carbocycles. The number of rotatable bonds is 1. The number of amides is 1. The molecule has 1 heterocycles. The molecule has 2 aliphatic rings. The van der Waals surface area contributed by atoms with Gasteiger partial charge in [-0.25, -0.2) is 4.79 Å². The number of fused-ring (bicyclic) bond motifs is 1. The summed E-state index contributed by atoms with van der Waals surface area (Å²) < 4.78 is 5.50. The van der Waals surface area contributed by atoms with Crippen molar-refractivity contribution in [3.05, 3.63) is 0 Å². The maximum atomic E-state index is 12.4. The molecule has 0 radical (unpaired) electrons. The summed E-state index contributed by atoms with van der Waals surface area (Å²) in [5.74, 6) is -0.0929. The highest BCUT2D eigenvalue weighted by molar-refractivity contribution is 5.80. The van der Waals surface area contributed by atoms with Crippen molar-refractivity contribution in [2.75, 3.05) is 13.1 Å². The third kappa shape index (κ3) is 2.18. The molecule has 1 amide bonds. The van der Waals surface area contributed by atoms with Crippen molar-refractivity contribution in [1.82, 2.24) is 4.90 Å². The zero-order chi connectivity index (χ0) is 13.6. The molecule has 2 rings (SSSR count). The van der Waals surface area contributed by atoms with Gasteiger partial charge in [-0.05, 0) is 39.5 Å². The second-order valence-corrected chi connectivity index (χ2v) is 6.41. The summed E-state index contributed by atoms with van der Waals surface area (Å²) in [5, 5.41) is 9.07. The topological polar surface area (TPSA) is 66.8 Å². The molecule has 2 fully saturated rings. The average Bonchev–Trinajstić information content (AvgIpc) is 2.69. The number of esters is 1. The molecule has 18 heavy (non-hydrogen) atoms. The molecule has 1 saturated heterocycles. The fourth-order valence-electron chi connectivity index (χ4n) is 3.15. The van der Waals surface area contributed by atoms with Gasteiger partial charge in [0.1, 0.15) is 5.60 Å². The van der Waals surface area contributed by atoms with E-state index in [-0.39, 0.29) is 11.9 Å². The third-order valence-electron chi connectivity index (χ3n) is 3.95. The van der Waals surface area contributed by atoms with Crippen molar-refractivity contribution in [2.45, 2.75) is 45.6 Å². The summed E-state index contributed by atoms with van der Waals surface area (Å²) in [5.41, 5.74) is -1.11. The highest BCUT2D eigenvalue weighted by atomic mass is 16.6. The van der Waals surface area contributed by atoms with Crippen molar-refractivity contribution in [2.24, 2.45) is 11.3 Å². The lowest BCUT2D eigenvalue weighted by molar-refractivity contribution is -0.168. The summed E-state index contributed by atoms with van der Waals surface area (Å²) in [4.78, 5) is 24.8. The Kier molecular flexibility index (Phi) is 3.03. The first kappa shape index (κ1) is 13.2. The Labute approximate surface area is 107 Å². The van der Waals surface area contributed by atoms with Gasteiger partial charge in [0.25, 0.3) is 0 Å². The molecule has 102 valence electrons. The van der Waals surface area contributed by atoms with Gasteiger partial charge >= 0.3 is 12.1 Å². The lowest BCUT2D eigenvalue weighted by Gasteiger charge is -2.30. The number of likely N-dealkylation sites (tertiary alicyclic amines) is 1. The molecular formula is C13H21NO4. The first-order valence-corrected chi connectivity index (χ1v) is 6.46. The van der Waals surface area contributed by atoms with Crippen LogP contribution in [0.2, 0.25) is 0 Å². The van der Waals surface area contributed by atoms with Gasteiger partial charge in [-0.2, -0.15) is 0 Å². The maximum absolute atomic E-state index is 12.4. The highest BCUT2D eigenvalue weighted by Gasteiger charge is 2.57. The van der Waals surface area contributed by atoms with Gasteiger partial charge in [0.05, 0.1) is 5.41 Å². The molecule has 5 nitrogen and oxygen atoms in total. The Balaban J connectivity index is 2.18. The summed E-state index contributed by atoms with van der Waals surface area (Å²) in [6, 6.07) is 0. The van der Waals surface area contributed by atoms with Crippen molar-refractivity contribution in [1.29, 1.82) is 0 Å². The van der Waals surface area contributed by atoms with Crippen molar-refractivity contribution in [3.63, 3.8) is 0 Å². The molecule has 1 aliphatic heterocycles. The van der Waals surface area contributed by atoms with E-state index >= 15 is 0 Å². The van der Waals surface area contributed by atoms with E-state index in [1.165, 1.54) is 4.90 Å². The zero-order valence-corrected chi connectivity index (χ0v) is 11.2. The number of hydrogen-bond acceptors (Lipinski definition) is 3. The third-order valence-corrected chi connectivity index (χ3v) is 3.95. The zero-order valence-electron chi connectivity index (χ0n) is 11.2. The molecule has 2 atom stereocenters. The first-order chi connectivity index (χ1) is 8.24. The van der Waals surface area contributed by atoms with Crippen LogP contribution in [0.5, 0.6) is 0 Å². The number of ether oxygens (including phenoxy) is 1. The highest BCUT2D eigenvalue weighted by Crippen LogP contribution is 2.49. The van der Waals surface area contributed by atoms with E-state index in [0.717, 1.165) is 19.3 Å².